The molecule has 0 unspecified atom stereocenters. The first-order valence-electron chi connectivity index (χ1n) is 5.10. The number of hydrogen-bond donors (Lipinski definition) is 3. The van der Waals surface area contributed by atoms with Gasteiger partial charge in [0, 0.05) is 11.9 Å². The second kappa shape index (κ2) is 6.51. The topological polar surface area (TPSA) is 87.7 Å². The van der Waals surface area contributed by atoms with Crippen molar-refractivity contribution in [2.45, 2.75) is 6.92 Å². The SMILES string of the molecule is CC(O)=C(C=NC(N)=S)C(=O)Nc1ccccc1. The van der Waals surface area contributed by atoms with Crippen LogP contribution in [0.2, 0.25) is 0 Å². The van der Waals surface area contributed by atoms with Crippen LogP contribution >= 0.6 is 12.2 Å². The Balaban J connectivity index is 2.86. The van der Waals surface area contributed by atoms with E-state index in [2.05, 4.69) is 22.5 Å². The van der Waals surface area contributed by atoms with E-state index in [0.717, 1.165) is 6.21 Å². The summed E-state index contributed by atoms with van der Waals surface area (Å²) in [5.41, 5.74) is 5.81. The zero-order chi connectivity index (χ0) is 13.5. The quantitative estimate of drug-likeness (QED) is 0.336. The number of amides is 1. The predicted molar refractivity (Wildman–Crippen MR) is 75.7 cm³/mol. The van der Waals surface area contributed by atoms with E-state index in [9.17, 15) is 9.90 Å². The van der Waals surface area contributed by atoms with E-state index < -0.39 is 5.91 Å². The number of thiocarbonyl (C=S) groups is 1. The highest BCUT2D eigenvalue weighted by Gasteiger charge is 2.11. The number of carbonyl (C=O) groups excluding carboxylic acids is 1. The van der Waals surface area contributed by atoms with Crippen LogP contribution in [0.5, 0.6) is 0 Å². The number of anilines is 1. The average Bonchev–Trinajstić information content (AvgIpc) is 2.29. The summed E-state index contributed by atoms with van der Waals surface area (Å²) in [5, 5.41) is 11.9. The summed E-state index contributed by atoms with van der Waals surface area (Å²) >= 11 is 4.56. The molecule has 1 aromatic carbocycles. The van der Waals surface area contributed by atoms with E-state index in [4.69, 9.17) is 5.73 Å². The Morgan fingerprint density at radius 1 is 1.44 bits per heavy atom. The van der Waals surface area contributed by atoms with Crippen molar-refractivity contribution in [1.29, 1.82) is 0 Å². The Hall–Kier alpha value is -2.21. The van der Waals surface area contributed by atoms with Crippen LogP contribution in [0.4, 0.5) is 5.69 Å². The molecule has 0 bridgehead atoms. The maximum absolute atomic E-state index is 11.9. The van der Waals surface area contributed by atoms with Crippen molar-refractivity contribution in [1.82, 2.24) is 0 Å². The third-order valence-corrected chi connectivity index (χ3v) is 2.09. The first kappa shape index (κ1) is 13.9. The van der Waals surface area contributed by atoms with E-state index in [1.807, 2.05) is 6.07 Å². The molecule has 0 spiro atoms. The first-order chi connectivity index (χ1) is 8.50. The molecule has 0 aliphatic rings. The number of benzene rings is 1. The first-order valence-corrected chi connectivity index (χ1v) is 5.51. The molecule has 6 heteroatoms. The molecule has 1 amide bonds. The zero-order valence-electron chi connectivity index (χ0n) is 9.75. The van der Waals surface area contributed by atoms with Crippen molar-refractivity contribution in [2.24, 2.45) is 10.7 Å². The molecule has 0 aromatic heterocycles. The molecule has 0 heterocycles. The summed E-state index contributed by atoms with van der Waals surface area (Å²) < 4.78 is 0. The molecule has 18 heavy (non-hydrogen) atoms. The minimum Gasteiger partial charge on any atom is -0.512 e. The van der Waals surface area contributed by atoms with Gasteiger partial charge in [0.15, 0.2) is 5.11 Å². The van der Waals surface area contributed by atoms with E-state index >= 15 is 0 Å². The van der Waals surface area contributed by atoms with Gasteiger partial charge in [-0.2, -0.15) is 0 Å². The number of nitrogens with one attached hydrogen (secondary N) is 1. The van der Waals surface area contributed by atoms with Gasteiger partial charge in [-0.1, -0.05) is 18.2 Å². The normalized spacial score (nSPS) is 12.1. The molecule has 94 valence electrons. The molecule has 0 saturated heterocycles. The number of hydrogen-bond acceptors (Lipinski definition) is 3. The van der Waals surface area contributed by atoms with Crippen molar-refractivity contribution >= 4 is 35.1 Å². The van der Waals surface area contributed by atoms with Gasteiger partial charge >= 0.3 is 0 Å². The standard InChI is InChI=1S/C12H13N3O2S/c1-8(16)10(7-14-12(13)18)11(17)15-9-5-3-2-4-6-9/h2-7,16H,1H3,(H2,13,18)(H,15,17). The molecule has 4 N–H and O–H groups in total. The summed E-state index contributed by atoms with van der Waals surface area (Å²) in [7, 11) is 0. The molecular weight excluding hydrogens is 250 g/mol. The highest BCUT2D eigenvalue weighted by Crippen LogP contribution is 2.08. The Bertz CT molecular complexity index is 505. The maximum atomic E-state index is 11.9. The molecule has 0 saturated carbocycles. The molecule has 5 nitrogen and oxygen atoms in total. The maximum Gasteiger partial charge on any atom is 0.260 e. The minimum atomic E-state index is -0.485. The van der Waals surface area contributed by atoms with Crippen LogP contribution in [0.25, 0.3) is 0 Å². The molecule has 0 aliphatic heterocycles. The van der Waals surface area contributed by atoms with Crippen molar-refractivity contribution < 1.29 is 9.90 Å². The lowest BCUT2D eigenvalue weighted by atomic mass is 10.2. The van der Waals surface area contributed by atoms with Crippen LogP contribution in [0, 0.1) is 0 Å². The molecule has 0 aliphatic carbocycles. The Morgan fingerprint density at radius 3 is 2.56 bits per heavy atom. The van der Waals surface area contributed by atoms with Gasteiger partial charge < -0.3 is 16.2 Å². The molecule has 1 aromatic rings. The number of carbonyl (C=O) groups is 1. The van der Waals surface area contributed by atoms with E-state index in [0.29, 0.717) is 5.69 Å². The second-order valence-corrected chi connectivity index (χ2v) is 3.83. The number of para-hydroxylation sites is 1. The Morgan fingerprint density at radius 2 is 2.06 bits per heavy atom. The number of allylic oxidation sites excluding steroid dienone is 1. The van der Waals surface area contributed by atoms with Gasteiger partial charge in [-0.05, 0) is 31.3 Å². The summed E-state index contributed by atoms with van der Waals surface area (Å²) in [6, 6.07) is 8.86. The molecule has 1 rings (SSSR count). The summed E-state index contributed by atoms with van der Waals surface area (Å²) in [4.78, 5) is 15.5. The summed E-state index contributed by atoms with van der Waals surface area (Å²) in [6.45, 7) is 1.38. The highest BCUT2D eigenvalue weighted by atomic mass is 32.1. The van der Waals surface area contributed by atoms with Gasteiger partial charge in [0.25, 0.3) is 5.91 Å². The fraction of sp³-hybridized carbons (Fsp3) is 0.0833. The molecular formula is C12H13N3O2S. The van der Waals surface area contributed by atoms with Gasteiger partial charge in [-0.15, -0.1) is 0 Å². The zero-order valence-corrected chi connectivity index (χ0v) is 10.6. The van der Waals surface area contributed by atoms with Crippen molar-refractivity contribution in [3.63, 3.8) is 0 Å². The third kappa shape index (κ3) is 4.34. The van der Waals surface area contributed by atoms with E-state index in [1.54, 1.807) is 24.3 Å². The van der Waals surface area contributed by atoms with Crippen molar-refractivity contribution in [3.05, 3.63) is 41.7 Å². The van der Waals surface area contributed by atoms with E-state index in [1.165, 1.54) is 6.92 Å². The Kier molecular flexibility index (Phi) is 5.01. The van der Waals surface area contributed by atoms with Gasteiger partial charge in [-0.25, -0.2) is 4.99 Å². The van der Waals surface area contributed by atoms with Gasteiger partial charge in [-0.3, -0.25) is 4.79 Å². The summed E-state index contributed by atoms with van der Waals surface area (Å²) in [5.74, 6) is -0.648. The lowest BCUT2D eigenvalue weighted by Crippen LogP contribution is -2.17. The monoisotopic (exact) mass is 263 g/mol. The van der Waals surface area contributed by atoms with Crippen LogP contribution in [-0.4, -0.2) is 22.3 Å². The molecule has 0 radical (unpaired) electrons. The largest absolute Gasteiger partial charge is 0.512 e. The van der Waals surface area contributed by atoms with Crippen LogP contribution in [-0.2, 0) is 4.79 Å². The Labute approximate surface area is 110 Å². The minimum absolute atomic E-state index is 0.00616. The number of rotatable bonds is 3. The summed E-state index contributed by atoms with van der Waals surface area (Å²) in [6.07, 6.45) is 1.13. The van der Waals surface area contributed by atoms with Gasteiger partial charge in [0.1, 0.15) is 5.76 Å². The number of aliphatic imine (C=N–C) groups is 1. The van der Waals surface area contributed by atoms with Crippen LogP contribution < -0.4 is 11.1 Å². The molecule has 0 fully saturated rings. The van der Waals surface area contributed by atoms with Crippen molar-refractivity contribution in [3.8, 4) is 0 Å². The number of aliphatic hydroxyl groups is 1. The fourth-order valence-corrected chi connectivity index (χ4v) is 1.22. The number of aliphatic hydroxyl groups excluding tert-OH is 1. The lowest BCUT2D eigenvalue weighted by Gasteiger charge is -2.06. The average molecular weight is 263 g/mol. The molecule has 0 atom stereocenters. The van der Waals surface area contributed by atoms with Crippen molar-refractivity contribution in [2.75, 3.05) is 5.32 Å². The highest BCUT2D eigenvalue weighted by molar-refractivity contribution is 7.80. The smallest absolute Gasteiger partial charge is 0.260 e. The van der Waals surface area contributed by atoms with Gasteiger partial charge in [0.05, 0.1) is 5.57 Å². The second-order valence-electron chi connectivity index (χ2n) is 3.42. The van der Waals surface area contributed by atoms with Crippen LogP contribution in [0.3, 0.4) is 0 Å². The lowest BCUT2D eigenvalue weighted by molar-refractivity contribution is -0.112. The van der Waals surface area contributed by atoms with E-state index in [-0.39, 0.29) is 16.4 Å². The van der Waals surface area contributed by atoms with Crippen LogP contribution in [0.15, 0.2) is 46.7 Å². The van der Waals surface area contributed by atoms with Gasteiger partial charge in [0.2, 0.25) is 0 Å². The van der Waals surface area contributed by atoms with Crippen LogP contribution in [0.1, 0.15) is 6.92 Å². The number of nitrogens with two attached hydrogens (primary N) is 1. The predicted octanol–water partition coefficient (Wildman–Crippen LogP) is 1.77. The fourth-order valence-electron chi connectivity index (χ4n) is 1.16. The number of nitrogens with zero attached hydrogens (tertiary/aromatic N) is 1. The third-order valence-electron chi connectivity index (χ3n) is 1.99.